The number of nitrogens with one attached hydrogen (secondary N) is 1. The second-order valence-electron chi connectivity index (χ2n) is 6.01. The molecule has 0 aliphatic rings. The Hall–Kier alpha value is -3.41. The number of hydrogen-bond acceptors (Lipinski definition) is 5. The smallest absolute Gasteiger partial charge is 0.271 e. The van der Waals surface area contributed by atoms with Crippen LogP contribution in [0.5, 0.6) is 5.75 Å². The lowest BCUT2D eigenvalue weighted by Gasteiger charge is -2.17. The van der Waals surface area contributed by atoms with Crippen LogP contribution in [0.2, 0.25) is 0 Å². The highest BCUT2D eigenvalue weighted by Gasteiger charge is 2.10. The maximum absolute atomic E-state index is 12.2. The molecule has 6 heteroatoms. The lowest BCUT2D eigenvalue weighted by atomic mass is 10.1. The summed E-state index contributed by atoms with van der Waals surface area (Å²) in [4.78, 5) is 22.7. The zero-order chi connectivity index (χ0) is 19.1. The van der Waals surface area contributed by atoms with Gasteiger partial charge >= 0.3 is 0 Å². The van der Waals surface area contributed by atoms with Gasteiger partial charge in [-0.2, -0.15) is 0 Å². The first-order valence-electron chi connectivity index (χ1n) is 8.69. The van der Waals surface area contributed by atoms with Crippen molar-refractivity contribution >= 4 is 17.4 Å². The summed E-state index contributed by atoms with van der Waals surface area (Å²) in [6.45, 7) is 0.526. The van der Waals surface area contributed by atoms with E-state index in [1.54, 1.807) is 13.3 Å². The summed E-state index contributed by atoms with van der Waals surface area (Å²) in [5, 5.41) is 2.87. The minimum atomic E-state index is -0.232. The predicted octanol–water partition coefficient (Wildman–Crippen LogP) is 3.23. The van der Waals surface area contributed by atoms with Gasteiger partial charge in [0.15, 0.2) is 5.82 Å². The zero-order valence-electron chi connectivity index (χ0n) is 15.4. The van der Waals surface area contributed by atoms with Gasteiger partial charge in [0.25, 0.3) is 5.91 Å². The largest absolute Gasteiger partial charge is 0.497 e. The Labute approximate surface area is 158 Å². The molecule has 1 amide bonds. The van der Waals surface area contributed by atoms with E-state index >= 15 is 0 Å². The molecule has 138 valence electrons. The molecule has 0 atom stereocenters. The van der Waals surface area contributed by atoms with Crippen LogP contribution in [0.3, 0.4) is 0 Å². The van der Waals surface area contributed by atoms with Gasteiger partial charge in [-0.3, -0.25) is 4.79 Å². The Balaban J connectivity index is 1.54. The molecule has 0 aliphatic carbocycles. The SMILES string of the molecule is COc1ccc(CCNC(=O)c2cnc(N(C)c3ccccc3)cn2)cc1. The first-order chi connectivity index (χ1) is 13.2. The van der Waals surface area contributed by atoms with Crippen molar-refractivity contribution in [1.29, 1.82) is 0 Å². The van der Waals surface area contributed by atoms with Crippen molar-refractivity contribution in [2.45, 2.75) is 6.42 Å². The molecular weight excluding hydrogens is 340 g/mol. The summed E-state index contributed by atoms with van der Waals surface area (Å²) in [6.07, 6.45) is 3.83. The molecule has 0 saturated carbocycles. The first-order valence-corrected chi connectivity index (χ1v) is 8.69. The Morgan fingerprint density at radius 3 is 2.41 bits per heavy atom. The molecule has 0 radical (unpaired) electrons. The lowest BCUT2D eigenvalue weighted by Crippen LogP contribution is -2.27. The van der Waals surface area contributed by atoms with Crippen LogP contribution in [-0.4, -0.2) is 36.6 Å². The standard InChI is InChI=1S/C21H22N4O2/c1-25(17-6-4-3-5-7-17)20-15-23-19(14-24-20)21(26)22-13-12-16-8-10-18(27-2)11-9-16/h3-11,14-15H,12-13H2,1-2H3,(H,22,26). The molecule has 6 nitrogen and oxygen atoms in total. The minimum absolute atomic E-state index is 0.232. The number of anilines is 2. The molecule has 0 saturated heterocycles. The van der Waals surface area contributed by atoms with Crippen LogP contribution in [0.4, 0.5) is 11.5 Å². The second kappa shape index (κ2) is 8.80. The Kier molecular flexibility index (Phi) is 5.99. The van der Waals surface area contributed by atoms with Crippen LogP contribution >= 0.6 is 0 Å². The van der Waals surface area contributed by atoms with Gasteiger partial charge in [0.05, 0.1) is 19.5 Å². The summed E-state index contributed by atoms with van der Waals surface area (Å²) < 4.78 is 5.14. The van der Waals surface area contributed by atoms with Gasteiger partial charge in [0, 0.05) is 19.3 Å². The number of rotatable bonds is 7. The van der Waals surface area contributed by atoms with Gasteiger partial charge < -0.3 is 15.0 Å². The summed E-state index contributed by atoms with van der Waals surface area (Å²) in [5.41, 5.74) is 2.43. The van der Waals surface area contributed by atoms with Crippen molar-refractivity contribution in [1.82, 2.24) is 15.3 Å². The van der Waals surface area contributed by atoms with Crippen molar-refractivity contribution in [3.8, 4) is 5.75 Å². The number of methoxy groups -OCH3 is 1. The van der Waals surface area contributed by atoms with E-state index in [0.29, 0.717) is 18.1 Å². The van der Waals surface area contributed by atoms with Crippen LogP contribution in [0.15, 0.2) is 67.0 Å². The van der Waals surface area contributed by atoms with Gasteiger partial charge in [-0.1, -0.05) is 30.3 Å². The van der Waals surface area contributed by atoms with E-state index in [1.165, 1.54) is 6.20 Å². The molecule has 27 heavy (non-hydrogen) atoms. The van der Waals surface area contributed by atoms with E-state index in [0.717, 1.165) is 23.4 Å². The van der Waals surface area contributed by atoms with Gasteiger partial charge in [-0.25, -0.2) is 9.97 Å². The third-order valence-corrected chi connectivity index (χ3v) is 4.22. The minimum Gasteiger partial charge on any atom is -0.497 e. The number of amides is 1. The molecule has 0 unspecified atom stereocenters. The monoisotopic (exact) mass is 362 g/mol. The molecule has 1 N–H and O–H groups in total. The van der Waals surface area contributed by atoms with Gasteiger partial charge in [0.1, 0.15) is 11.4 Å². The first kappa shape index (κ1) is 18.4. The van der Waals surface area contributed by atoms with Crippen molar-refractivity contribution in [2.24, 2.45) is 0 Å². The number of aromatic nitrogens is 2. The molecule has 0 aliphatic heterocycles. The third kappa shape index (κ3) is 4.82. The highest BCUT2D eigenvalue weighted by molar-refractivity contribution is 5.92. The van der Waals surface area contributed by atoms with Crippen molar-refractivity contribution < 1.29 is 9.53 Å². The number of carbonyl (C=O) groups excluding carboxylic acids is 1. The van der Waals surface area contributed by atoms with Crippen molar-refractivity contribution in [2.75, 3.05) is 25.6 Å². The number of carbonyl (C=O) groups is 1. The number of hydrogen-bond donors (Lipinski definition) is 1. The number of benzene rings is 2. The highest BCUT2D eigenvalue weighted by atomic mass is 16.5. The van der Waals surface area contributed by atoms with E-state index in [1.807, 2.05) is 66.5 Å². The van der Waals surface area contributed by atoms with Crippen LogP contribution in [-0.2, 0) is 6.42 Å². The fourth-order valence-electron chi connectivity index (χ4n) is 2.60. The van der Waals surface area contributed by atoms with E-state index < -0.39 is 0 Å². The third-order valence-electron chi connectivity index (χ3n) is 4.22. The Morgan fingerprint density at radius 1 is 1.04 bits per heavy atom. The molecule has 0 bridgehead atoms. The average Bonchev–Trinajstić information content (AvgIpc) is 2.74. The van der Waals surface area contributed by atoms with Crippen LogP contribution in [0, 0.1) is 0 Å². The summed E-state index contributed by atoms with van der Waals surface area (Å²) in [6, 6.07) is 17.6. The van der Waals surface area contributed by atoms with Gasteiger partial charge in [0.2, 0.25) is 0 Å². The molecule has 1 aromatic heterocycles. The molecule has 3 rings (SSSR count). The van der Waals surface area contributed by atoms with Gasteiger partial charge in [-0.05, 0) is 36.2 Å². The molecule has 0 fully saturated rings. The number of nitrogens with zero attached hydrogens (tertiary/aromatic N) is 3. The van der Waals surface area contributed by atoms with Crippen LogP contribution < -0.4 is 15.0 Å². The van der Waals surface area contributed by atoms with Crippen LogP contribution in [0.1, 0.15) is 16.1 Å². The fourth-order valence-corrected chi connectivity index (χ4v) is 2.60. The second-order valence-corrected chi connectivity index (χ2v) is 6.01. The zero-order valence-corrected chi connectivity index (χ0v) is 15.4. The van der Waals surface area contributed by atoms with Crippen molar-refractivity contribution in [3.05, 3.63) is 78.2 Å². The van der Waals surface area contributed by atoms with Gasteiger partial charge in [-0.15, -0.1) is 0 Å². The topological polar surface area (TPSA) is 67.3 Å². The summed E-state index contributed by atoms with van der Waals surface area (Å²) >= 11 is 0. The lowest BCUT2D eigenvalue weighted by molar-refractivity contribution is 0.0949. The highest BCUT2D eigenvalue weighted by Crippen LogP contribution is 2.19. The van der Waals surface area contributed by atoms with E-state index in [2.05, 4.69) is 15.3 Å². The predicted molar refractivity (Wildman–Crippen MR) is 106 cm³/mol. The van der Waals surface area contributed by atoms with E-state index in [-0.39, 0.29) is 5.91 Å². The normalized spacial score (nSPS) is 10.3. The van der Waals surface area contributed by atoms with Crippen molar-refractivity contribution in [3.63, 3.8) is 0 Å². The van der Waals surface area contributed by atoms with E-state index in [9.17, 15) is 4.79 Å². The number of ether oxygens (including phenoxy) is 1. The molecule has 2 aromatic carbocycles. The molecule has 3 aromatic rings. The average molecular weight is 362 g/mol. The van der Waals surface area contributed by atoms with Crippen LogP contribution in [0.25, 0.3) is 0 Å². The summed E-state index contributed by atoms with van der Waals surface area (Å²) in [7, 11) is 3.55. The quantitative estimate of drug-likeness (QED) is 0.699. The Bertz CT molecular complexity index is 865. The fraction of sp³-hybridized carbons (Fsp3) is 0.190. The molecule has 0 spiro atoms. The number of para-hydroxylation sites is 1. The maximum Gasteiger partial charge on any atom is 0.271 e. The van der Waals surface area contributed by atoms with E-state index in [4.69, 9.17) is 4.74 Å². The molecule has 1 heterocycles. The Morgan fingerprint density at radius 2 is 1.78 bits per heavy atom. The maximum atomic E-state index is 12.2. The molecular formula is C21H22N4O2. The summed E-state index contributed by atoms with van der Waals surface area (Å²) in [5.74, 6) is 1.26.